The Labute approximate surface area is 213 Å². The van der Waals surface area contributed by atoms with Crippen LogP contribution in [0.15, 0.2) is 52.2 Å². The molecule has 1 N–H and O–H groups in total. The van der Waals surface area contributed by atoms with E-state index in [4.69, 9.17) is 0 Å². The molecule has 2 aliphatic heterocycles. The Bertz CT molecular complexity index is 1360. The molecule has 0 amide bonds. The Balaban J connectivity index is 1.34. The lowest BCUT2D eigenvalue weighted by molar-refractivity contribution is -0.140. The molecule has 0 unspecified atom stereocenters. The zero-order valence-electron chi connectivity index (χ0n) is 19.8. The van der Waals surface area contributed by atoms with Crippen LogP contribution in [0.3, 0.4) is 0 Å². The highest BCUT2D eigenvalue weighted by Gasteiger charge is 2.33. The first-order valence-corrected chi connectivity index (χ1v) is 13.0. The third-order valence-electron chi connectivity index (χ3n) is 6.89. The van der Waals surface area contributed by atoms with Gasteiger partial charge in [0, 0.05) is 53.5 Å². The van der Waals surface area contributed by atoms with Crippen LogP contribution in [0.25, 0.3) is 10.9 Å². The van der Waals surface area contributed by atoms with Crippen molar-refractivity contribution in [1.29, 1.82) is 0 Å². The Morgan fingerprint density at radius 3 is 2.43 bits per heavy atom. The Hall–Kier alpha value is -2.66. The van der Waals surface area contributed by atoms with Crippen molar-refractivity contribution in [2.24, 2.45) is 0 Å². The fourth-order valence-corrected chi connectivity index (χ4v) is 6.18. The van der Waals surface area contributed by atoms with E-state index in [1.54, 1.807) is 0 Å². The summed E-state index contributed by atoms with van der Waals surface area (Å²) in [5.41, 5.74) is 0.653. The van der Waals surface area contributed by atoms with E-state index < -0.39 is 30.0 Å². The van der Waals surface area contributed by atoms with Gasteiger partial charge in [-0.3, -0.25) is 14.3 Å². The fourth-order valence-electron chi connectivity index (χ4n) is 5.05. The maximum atomic E-state index is 13.4. The number of pyridine rings is 1. The van der Waals surface area contributed by atoms with Crippen LogP contribution in [-0.4, -0.2) is 40.5 Å². The van der Waals surface area contributed by atoms with Crippen LogP contribution in [-0.2, 0) is 25.7 Å². The smallest absolute Gasteiger partial charge is 0.382 e. The lowest BCUT2D eigenvalue weighted by Gasteiger charge is -2.33. The number of alkyl halides is 6. The number of piperidine rings is 1. The standard InChI is InChI=1S/C26H25F6N3OS/c27-25(28,29)15-35-22-4-3-18(26(30,31)32)12-20(22)21(13-24(35)36)33-19-5-8-34(9-6-19)14-16-1-2-17-7-10-37-23(17)11-16/h1-4,11-13,19,33H,5-10,14-15H2. The highest BCUT2D eigenvalue weighted by Crippen LogP contribution is 2.35. The second-order valence-corrected chi connectivity index (χ2v) is 10.7. The maximum absolute atomic E-state index is 13.4. The number of nitrogens with zero attached hydrogens (tertiary/aromatic N) is 2. The fraction of sp³-hybridized carbons (Fsp3) is 0.423. The number of rotatable bonds is 5. The van der Waals surface area contributed by atoms with Crippen LogP contribution in [0.2, 0.25) is 0 Å². The second kappa shape index (κ2) is 9.90. The predicted octanol–water partition coefficient (Wildman–Crippen LogP) is 6.31. The van der Waals surface area contributed by atoms with E-state index in [1.165, 1.54) is 16.0 Å². The molecule has 0 radical (unpaired) electrons. The van der Waals surface area contributed by atoms with Crippen LogP contribution in [0.1, 0.15) is 29.5 Å². The number of aromatic nitrogens is 1. The van der Waals surface area contributed by atoms with E-state index in [0.29, 0.717) is 23.5 Å². The minimum absolute atomic E-state index is 0.0586. The summed E-state index contributed by atoms with van der Waals surface area (Å²) in [7, 11) is 0. The molecular weight excluding hydrogens is 516 g/mol. The van der Waals surface area contributed by atoms with E-state index in [2.05, 4.69) is 28.4 Å². The van der Waals surface area contributed by atoms with E-state index in [9.17, 15) is 31.1 Å². The first-order valence-electron chi connectivity index (χ1n) is 12.0. The SMILES string of the molecule is O=c1cc(NC2CCN(Cc3ccc4c(c3)SCC4)CC2)c2cc(C(F)(F)F)ccc2n1CC(F)(F)F. The number of fused-ring (bicyclic) bond motifs is 2. The van der Waals surface area contributed by atoms with Gasteiger partial charge in [-0.2, -0.15) is 26.3 Å². The highest BCUT2D eigenvalue weighted by molar-refractivity contribution is 7.99. The molecule has 0 spiro atoms. The van der Waals surface area contributed by atoms with Crippen molar-refractivity contribution >= 4 is 28.4 Å². The summed E-state index contributed by atoms with van der Waals surface area (Å²) < 4.78 is 79.9. The van der Waals surface area contributed by atoms with Crippen LogP contribution in [0.5, 0.6) is 0 Å². The number of likely N-dealkylation sites (tertiary alicyclic amines) is 1. The topological polar surface area (TPSA) is 37.3 Å². The van der Waals surface area contributed by atoms with Gasteiger partial charge >= 0.3 is 12.4 Å². The molecule has 0 saturated carbocycles. The largest absolute Gasteiger partial charge is 0.416 e. The molecule has 2 aliphatic rings. The summed E-state index contributed by atoms with van der Waals surface area (Å²) in [4.78, 5) is 16.2. The van der Waals surface area contributed by atoms with Crippen molar-refractivity contribution < 1.29 is 26.3 Å². The minimum Gasteiger partial charge on any atom is -0.382 e. The normalized spacial score (nSPS) is 17.4. The number of benzene rings is 2. The third-order valence-corrected chi connectivity index (χ3v) is 7.99. The number of hydrogen-bond acceptors (Lipinski definition) is 4. The molecule has 11 heteroatoms. The predicted molar refractivity (Wildman–Crippen MR) is 132 cm³/mol. The summed E-state index contributed by atoms with van der Waals surface area (Å²) in [5, 5.41) is 3.10. The van der Waals surface area contributed by atoms with Gasteiger partial charge in [-0.25, -0.2) is 0 Å². The Morgan fingerprint density at radius 2 is 1.73 bits per heavy atom. The lowest BCUT2D eigenvalue weighted by Crippen LogP contribution is -2.39. The number of anilines is 1. The molecule has 0 bridgehead atoms. The van der Waals surface area contributed by atoms with Gasteiger partial charge in [-0.05, 0) is 54.7 Å². The van der Waals surface area contributed by atoms with Gasteiger partial charge < -0.3 is 5.32 Å². The van der Waals surface area contributed by atoms with Crippen molar-refractivity contribution in [3.05, 3.63) is 69.5 Å². The maximum Gasteiger partial charge on any atom is 0.416 e. The molecule has 5 rings (SSSR count). The Kier molecular flexibility index (Phi) is 6.95. The van der Waals surface area contributed by atoms with Crippen molar-refractivity contribution in [2.75, 3.05) is 24.2 Å². The van der Waals surface area contributed by atoms with Gasteiger partial charge in [-0.1, -0.05) is 12.1 Å². The molecule has 4 nitrogen and oxygen atoms in total. The molecule has 3 heterocycles. The molecule has 3 aromatic rings. The summed E-state index contributed by atoms with van der Waals surface area (Å²) in [5.74, 6) is 1.11. The van der Waals surface area contributed by atoms with E-state index in [1.807, 2.05) is 11.8 Å². The zero-order chi connectivity index (χ0) is 26.4. The van der Waals surface area contributed by atoms with Crippen LogP contribution < -0.4 is 10.9 Å². The van der Waals surface area contributed by atoms with Crippen LogP contribution in [0, 0.1) is 0 Å². The van der Waals surface area contributed by atoms with Crippen LogP contribution >= 0.6 is 11.8 Å². The molecule has 2 aromatic carbocycles. The molecule has 1 aromatic heterocycles. The number of halogens is 6. The van der Waals surface area contributed by atoms with Crippen LogP contribution in [0.4, 0.5) is 32.0 Å². The van der Waals surface area contributed by atoms with E-state index >= 15 is 0 Å². The van der Waals surface area contributed by atoms with E-state index in [0.717, 1.165) is 50.0 Å². The first-order chi connectivity index (χ1) is 17.5. The monoisotopic (exact) mass is 541 g/mol. The van der Waals surface area contributed by atoms with Crippen molar-refractivity contribution in [2.45, 2.75) is 55.6 Å². The van der Waals surface area contributed by atoms with Gasteiger partial charge in [0.15, 0.2) is 0 Å². The summed E-state index contributed by atoms with van der Waals surface area (Å²) in [6, 6.07) is 9.87. The lowest BCUT2D eigenvalue weighted by atomic mass is 10.0. The summed E-state index contributed by atoms with van der Waals surface area (Å²) >= 11 is 1.87. The zero-order valence-corrected chi connectivity index (χ0v) is 20.6. The highest BCUT2D eigenvalue weighted by atomic mass is 32.2. The van der Waals surface area contributed by atoms with Crippen molar-refractivity contribution in [1.82, 2.24) is 9.47 Å². The van der Waals surface area contributed by atoms with Crippen molar-refractivity contribution in [3.63, 3.8) is 0 Å². The van der Waals surface area contributed by atoms with E-state index in [-0.39, 0.29) is 22.6 Å². The molecular formula is C26H25F6N3OS. The third kappa shape index (κ3) is 5.93. The van der Waals surface area contributed by atoms with Crippen molar-refractivity contribution in [3.8, 4) is 0 Å². The molecule has 0 aliphatic carbocycles. The average molecular weight is 542 g/mol. The first kappa shape index (κ1) is 26.0. The quantitative estimate of drug-likeness (QED) is 0.385. The van der Waals surface area contributed by atoms with Gasteiger partial charge in [-0.15, -0.1) is 11.8 Å². The van der Waals surface area contributed by atoms with Gasteiger partial charge in [0.2, 0.25) is 0 Å². The molecule has 1 saturated heterocycles. The van der Waals surface area contributed by atoms with Gasteiger partial charge in [0.1, 0.15) is 6.54 Å². The second-order valence-electron chi connectivity index (χ2n) is 9.56. The molecule has 0 atom stereocenters. The van der Waals surface area contributed by atoms with Gasteiger partial charge in [0.05, 0.1) is 11.1 Å². The Morgan fingerprint density at radius 1 is 0.973 bits per heavy atom. The molecule has 37 heavy (non-hydrogen) atoms. The molecule has 198 valence electrons. The summed E-state index contributed by atoms with van der Waals surface area (Å²) in [6.45, 7) is 0.719. The number of aryl methyl sites for hydroxylation is 1. The van der Waals surface area contributed by atoms with Gasteiger partial charge in [0.25, 0.3) is 5.56 Å². The number of thioether (sulfide) groups is 1. The summed E-state index contributed by atoms with van der Waals surface area (Å²) in [6.07, 6.45) is -6.90. The number of hydrogen-bond donors (Lipinski definition) is 1. The molecule has 1 fully saturated rings. The number of nitrogens with one attached hydrogen (secondary N) is 1. The average Bonchev–Trinajstić information content (AvgIpc) is 3.29. The minimum atomic E-state index is -4.70.